The first-order valence-corrected chi connectivity index (χ1v) is 7.43. The maximum absolute atomic E-state index is 13.0. The second-order valence-corrected chi connectivity index (χ2v) is 5.85. The van der Waals surface area contributed by atoms with Crippen LogP contribution in [0.1, 0.15) is 40.9 Å². The summed E-state index contributed by atoms with van der Waals surface area (Å²) in [6.45, 7) is 4.74. The number of benzene rings is 1. The SMILES string of the molecule is Cc1c(C(=O)C(C)C)c(O)n(Cc2ccc(F)cc2)c(=O)c1C#N. The van der Waals surface area contributed by atoms with Crippen molar-refractivity contribution in [2.24, 2.45) is 5.92 Å². The van der Waals surface area contributed by atoms with Gasteiger partial charge in [-0.25, -0.2) is 4.39 Å². The van der Waals surface area contributed by atoms with Crippen molar-refractivity contribution in [3.63, 3.8) is 0 Å². The first-order valence-electron chi connectivity index (χ1n) is 7.43. The van der Waals surface area contributed by atoms with Crippen molar-refractivity contribution in [1.82, 2.24) is 4.57 Å². The van der Waals surface area contributed by atoms with E-state index in [1.807, 2.05) is 0 Å². The lowest BCUT2D eigenvalue weighted by Gasteiger charge is -2.16. The molecule has 1 aromatic heterocycles. The number of aromatic hydroxyl groups is 1. The molecule has 0 saturated carbocycles. The molecular weight excluding hydrogens is 311 g/mol. The van der Waals surface area contributed by atoms with Crippen molar-refractivity contribution >= 4 is 5.78 Å². The van der Waals surface area contributed by atoms with Crippen LogP contribution in [0.2, 0.25) is 0 Å². The zero-order valence-electron chi connectivity index (χ0n) is 13.6. The molecule has 0 atom stereocenters. The summed E-state index contributed by atoms with van der Waals surface area (Å²) in [4.78, 5) is 24.8. The summed E-state index contributed by atoms with van der Waals surface area (Å²) >= 11 is 0. The fourth-order valence-corrected chi connectivity index (χ4v) is 2.45. The number of ketones is 1. The van der Waals surface area contributed by atoms with E-state index < -0.39 is 23.2 Å². The molecule has 0 fully saturated rings. The molecule has 0 amide bonds. The number of pyridine rings is 1. The van der Waals surface area contributed by atoms with Crippen LogP contribution in [0.25, 0.3) is 0 Å². The zero-order chi connectivity index (χ0) is 18.0. The molecule has 1 heterocycles. The Hall–Kier alpha value is -2.94. The maximum atomic E-state index is 13.0. The van der Waals surface area contributed by atoms with E-state index in [4.69, 9.17) is 0 Å². The number of Topliss-reactive ketones (excluding diaryl/α,β-unsaturated/α-hetero) is 1. The Labute approximate surface area is 138 Å². The average molecular weight is 328 g/mol. The van der Waals surface area contributed by atoms with E-state index in [0.29, 0.717) is 5.56 Å². The van der Waals surface area contributed by atoms with Crippen LogP contribution in [0, 0.1) is 30.0 Å². The van der Waals surface area contributed by atoms with Crippen LogP contribution in [0.5, 0.6) is 5.88 Å². The number of aromatic nitrogens is 1. The third-order valence-electron chi connectivity index (χ3n) is 3.82. The van der Waals surface area contributed by atoms with E-state index in [1.54, 1.807) is 19.9 Å². The van der Waals surface area contributed by atoms with E-state index in [-0.39, 0.29) is 29.0 Å². The first-order chi connectivity index (χ1) is 11.3. The van der Waals surface area contributed by atoms with Gasteiger partial charge in [0.15, 0.2) is 5.78 Å². The molecule has 0 spiro atoms. The van der Waals surface area contributed by atoms with Crippen LogP contribution in [-0.2, 0) is 6.54 Å². The normalized spacial score (nSPS) is 10.7. The molecule has 0 aliphatic carbocycles. The average Bonchev–Trinajstić information content (AvgIpc) is 2.53. The minimum atomic E-state index is -0.683. The van der Waals surface area contributed by atoms with Gasteiger partial charge in [-0.3, -0.25) is 14.2 Å². The predicted molar refractivity (Wildman–Crippen MR) is 86.5 cm³/mol. The molecule has 1 N–H and O–H groups in total. The summed E-state index contributed by atoms with van der Waals surface area (Å²) in [5, 5.41) is 19.7. The number of hydrogen-bond acceptors (Lipinski definition) is 4. The summed E-state index contributed by atoms with van der Waals surface area (Å²) in [5.41, 5.74) is -0.155. The van der Waals surface area contributed by atoms with Gasteiger partial charge in [0.2, 0.25) is 5.88 Å². The summed E-state index contributed by atoms with van der Waals surface area (Å²) in [6, 6.07) is 7.21. The van der Waals surface area contributed by atoms with E-state index in [2.05, 4.69) is 0 Å². The Kier molecular flexibility index (Phi) is 4.84. The zero-order valence-corrected chi connectivity index (χ0v) is 13.6. The number of halogens is 1. The molecule has 124 valence electrons. The quantitative estimate of drug-likeness (QED) is 0.875. The molecule has 1 aromatic carbocycles. The van der Waals surface area contributed by atoms with Crippen LogP contribution < -0.4 is 5.56 Å². The highest BCUT2D eigenvalue weighted by Crippen LogP contribution is 2.25. The lowest BCUT2D eigenvalue weighted by Crippen LogP contribution is -2.27. The van der Waals surface area contributed by atoms with Crippen molar-refractivity contribution in [2.45, 2.75) is 27.3 Å². The van der Waals surface area contributed by atoms with Crippen molar-refractivity contribution < 1.29 is 14.3 Å². The lowest BCUT2D eigenvalue weighted by atomic mass is 9.95. The monoisotopic (exact) mass is 328 g/mol. The van der Waals surface area contributed by atoms with E-state index in [0.717, 1.165) is 4.57 Å². The smallest absolute Gasteiger partial charge is 0.271 e. The number of nitrogens with zero attached hydrogens (tertiary/aromatic N) is 2. The summed E-state index contributed by atoms with van der Waals surface area (Å²) < 4.78 is 14.0. The van der Waals surface area contributed by atoms with Gasteiger partial charge in [-0.15, -0.1) is 0 Å². The maximum Gasteiger partial charge on any atom is 0.271 e. The number of nitriles is 1. The van der Waals surface area contributed by atoms with Crippen molar-refractivity contribution in [2.75, 3.05) is 0 Å². The number of carbonyl (C=O) groups excluding carboxylic acids is 1. The summed E-state index contributed by atoms with van der Waals surface area (Å²) in [5.74, 6) is -1.65. The van der Waals surface area contributed by atoms with Crippen molar-refractivity contribution in [1.29, 1.82) is 5.26 Å². The first kappa shape index (κ1) is 17.4. The molecule has 24 heavy (non-hydrogen) atoms. The molecular formula is C18H17FN2O3. The molecule has 2 aromatic rings. The lowest BCUT2D eigenvalue weighted by molar-refractivity contribution is 0.0934. The standard InChI is InChI=1S/C18H17FN2O3/c1-10(2)16(22)15-11(3)14(8-20)17(23)21(18(15)24)9-12-4-6-13(19)7-5-12/h4-7,10,24H,9H2,1-3H3. The van der Waals surface area contributed by atoms with Crippen LogP contribution in [-0.4, -0.2) is 15.5 Å². The molecule has 0 aliphatic heterocycles. The third-order valence-corrected chi connectivity index (χ3v) is 3.82. The Bertz CT molecular complexity index is 890. The predicted octanol–water partition coefficient (Wildman–Crippen LogP) is 2.76. The topological polar surface area (TPSA) is 83.1 Å². The highest BCUT2D eigenvalue weighted by Gasteiger charge is 2.25. The van der Waals surface area contributed by atoms with Gasteiger partial charge in [0, 0.05) is 5.92 Å². The fraction of sp³-hybridized carbons (Fsp3) is 0.278. The van der Waals surface area contributed by atoms with Gasteiger partial charge in [0.05, 0.1) is 12.1 Å². The minimum absolute atomic E-state index is 0.0248. The summed E-state index contributed by atoms with van der Waals surface area (Å²) in [7, 11) is 0. The van der Waals surface area contributed by atoms with E-state index in [1.165, 1.54) is 31.2 Å². The van der Waals surface area contributed by atoms with Crippen molar-refractivity contribution in [3.8, 4) is 11.9 Å². The van der Waals surface area contributed by atoms with Gasteiger partial charge in [-0.05, 0) is 30.2 Å². The Morgan fingerprint density at radius 1 is 1.33 bits per heavy atom. The van der Waals surface area contributed by atoms with E-state index in [9.17, 15) is 24.3 Å². The van der Waals surface area contributed by atoms with Crippen LogP contribution in [0.3, 0.4) is 0 Å². The second-order valence-electron chi connectivity index (χ2n) is 5.85. The minimum Gasteiger partial charge on any atom is -0.494 e. The third kappa shape index (κ3) is 3.06. The molecule has 0 aliphatic rings. The molecule has 0 radical (unpaired) electrons. The van der Waals surface area contributed by atoms with Crippen molar-refractivity contribution in [3.05, 3.63) is 62.7 Å². The molecule has 5 nitrogen and oxygen atoms in total. The molecule has 6 heteroatoms. The van der Waals surface area contributed by atoms with Crippen LogP contribution in [0.4, 0.5) is 4.39 Å². The second kappa shape index (κ2) is 6.67. The molecule has 2 rings (SSSR count). The van der Waals surface area contributed by atoms with Gasteiger partial charge in [0.1, 0.15) is 17.4 Å². The number of rotatable bonds is 4. The van der Waals surface area contributed by atoms with Gasteiger partial charge < -0.3 is 5.11 Å². The largest absolute Gasteiger partial charge is 0.494 e. The van der Waals surface area contributed by atoms with Gasteiger partial charge in [-0.1, -0.05) is 26.0 Å². The Morgan fingerprint density at radius 2 is 1.92 bits per heavy atom. The number of carbonyl (C=O) groups is 1. The van der Waals surface area contributed by atoms with Crippen LogP contribution >= 0.6 is 0 Å². The fourth-order valence-electron chi connectivity index (χ4n) is 2.45. The van der Waals surface area contributed by atoms with Gasteiger partial charge in [0.25, 0.3) is 5.56 Å². The Balaban J connectivity index is 2.69. The highest BCUT2D eigenvalue weighted by atomic mass is 19.1. The Morgan fingerprint density at radius 3 is 2.42 bits per heavy atom. The molecule has 0 bridgehead atoms. The van der Waals surface area contributed by atoms with E-state index >= 15 is 0 Å². The number of hydrogen-bond donors (Lipinski definition) is 1. The van der Waals surface area contributed by atoms with Gasteiger partial charge >= 0.3 is 0 Å². The summed E-state index contributed by atoms with van der Waals surface area (Å²) in [6.07, 6.45) is 0. The van der Waals surface area contributed by atoms with Gasteiger partial charge in [-0.2, -0.15) is 5.26 Å². The van der Waals surface area contributed by atoms with Crippen LogP contribution in [0.15, 0.2) is 29.1 Å². The highest BCUT2D eigenvalue weighted by molar-refractivity contribution is 6.01. The molecule has 0 saturated heterocycles. The molecule has 0 unspecified atom stereocenters.